The van der Waals surface area contributed by atoms with Crippen LogP contribution in [0.5, 0.6) is 0 Å². The lowest BCUT2D eigenvalue weighted by molar-refractivity contribution is 0.0979. The van der Waals surface area contributed by atoms with Gasteiger partial charge in [0.2, 0.25) is 0 Å². The van der Waals surface area contributed by atoms with Gasteiger partial charge in [0.15, 0.2) is 0 Å². The summed E-state index contributed by atoms with van der Waals surface area (Å²) in [6.07, 6.45) is 0.977. The number of rotatable bonds is 2. The maximum Gasteiger partial charge on any atom is 0.0723 e. The molecule has 0 saturated carbocycles. The van der Waals surface area contributed by atoms with Gasteiger partial charge in [-0.1, -0.05) is 78.9 Å². The molecule has 3 aromatic carbocycles. The fourth-order valence-corrected chi connectivity index (χ4v) is 3.50. The van der Waals surface area contributed by atoms with Gasteiger partial charge in [-0.2, -0.15) is 0 Å². The summed E-state index contributed by atoms with van der Waals surface area (Å²) < 4.78 is 6.07. The standard InChI is InChI=1S/C23H23NO/c1-2-8-18(9-3-1)14-21-17-25-16-20-11-5-7-13-23(20)22-12-6-4-10-19(22)15-24-21/h1-13,21,24H,14-17H2/t21-/m0/s1. The van der Waals surface area contributed by atoms with Gasteiger partial charge in [-0.3, -0.25) is 0 Å². The molecule has 0 spiro atoms. The van der Waals surface area contributed by atoms with Crippen LogP contribution in [0.15, 0.2) is 78.9 Å². The maximum absolute atomic E-state index is 6.07. The summed E-state index contributed by atoms with van der Waals surface area (Å²) >= 11 is 0. The average molecular weight is 329 g/mol. The number of fused-ring (bicyclic) bond motifs is 3. The number of nitrogens with one attached hydrogen (secondary N) is 1. The number of ether oxygens (including phenoxy) is 1. The van der Waals surface area contributed by atoms with Crippen LogP contribution in [0.3, 0.4) is 0 Å². The first-order valence-electron chi connectivity index (χ1n) is 8.91. The highest BCUT2D eigenvalue weighted by molar-refractivity contribution is 5.70. The minimum absolute atomic E-state index is 0.306. The summed E-state index contributed by atoms with van der Waals surface area (Å²) in [6, 6.07) is 28.2. The first kappa shape index (κ1) is 16.1. The molecule has 1 N–H and O–H groups in total. The van der Waals surface area contributed by atoms with Crippen molar-refractivity contribution < 1.29 is 4.74 Å². The summed E-state index contributed by atoms with van der Waals surface area (Å²) in [7, 11) is 0. The Hall–Kier alpha value is -2.42. The summed E-state index contributed by atoms with van der Waals surface area (Å²) in [5.41, 5.74) is 6.52. The van der Waals surface area contributed by atoms with E-state index in [4.69, 9.17) is 4.74 Å². The zero-order valence-electron chi connectivity index (χ0n) is 14.3. The van der Waals surface area contributed by atoms with E-state index < -0.39 is 0 Å². The molecule has 4 rings (SSSR count). The molecule has 0 radical (unpaired) electrons. The van der Waals surface area contributed by atoms with Crippen LogP contribution in [0.2, 0.25) is 0 Å². The second-order valence-electron chi connectivity index (χ2n) is 6.60. The highest BCUT2D eigenvalue weighted by atomic mass is 16.5. The van der Waals surface area contributed by atoms with Gasteiger partial charge in [0.25, 0.3) is 0 Å². The molecule has 2 nitrogen and oxygen atoms in total. The van der Waals surface area contributed by atoms with Gasteiger partial charge >= 0.3 is 0 Å². The normalized spacial score (nSPS) is 17.4. The molecule has 0 fully saturated rings. The van der Waals surface area contributed by atoms with E-state index in [1.54, 1.807) is 0 Å². The van der Waals surface area contributed by atoms with E-state index in [0.29, 0.717) is 19.3 Å². The minimum Gasteiger partial charge on any atom is -0.375 e. The minimum atomic E-state index is 0.306. The van der Waals surface area contributed by atoms with Crippen LogP contribution in [0.25, 0.3) is 11.1 Å². The molecule has 25 heavy (non-hydrogen) atoms. The van der Waals surface area contributed by atoms with E-state index in [-0.39, 0.29) is 0 Å². The van der Waals surface area contributed by atoms with Crippen LogP contribution in [-0.4, -0.2) is 12.6 Å². The Morgan fingerprint density at radius 3 is 2.20 bits per heavy atom. The summed E-state index contributed by atoms with van der Waals surface area (Å²) in [6.45, 7) is 2.22. The fraction of sp³-hybridized carbons (Fsp3) is 0.217. The molecule has 0 aliphatic carbocycles. The predicted octanol–water partition coefficient (Wildman–Crippen LogP) is 4.58. The molecular formula is C23H23NO. The zero-order valence-corrected chi connectivity index (χ0v) is 14.3. The number of hydrogen-bond donors (Lipinski definition) is 1. The fourth-order valence-electron chi connectivity index (χ4n) is 3.50. The van der Waals surface area contributed by atoms with E-state index >= 15 is 0 Å². The summed E-state index contributed by atoms with van der Waals surface area (Å²) in [4.78, 5) is 0. The lowest BCUT2D eigenvalue weighted by Gasteiger charge is -2.23. The zero-order chi connectivity index (χ0) is 16.9. The van der Waals surface area contributed by atoms with Crippen LogP contribution in [-0.2, 0) is 24.3 Å². The van der Waals surface area contributed by atoms with E-state index in [0.717, 1.165) is 13.0 Å². The first-order chi connectivity index (χ1) is 12.4. The van der Waals surface area contributed by atoms with Crippen LogP contribution in [0.4, 0.5) is 0 Å². The summed E-state index contributed by atoms with van der Waals surface area (Å²) in [5, 5.41) is 3.70. The second-order valence-corrected chi connectivity index (χ2v) is 6.60. The Bertz CT molecular complexity index is 828. The van der Waals surface area contributed by atoms with Crippen molar-refractivity contribution in [3.63, 3.8) is 0 Å². The number of hydrogen-bond acceptors (Lipinski definition) is 2. The van der Waals surface area contributed by atoms with Crippen molar-refractivity contribution in [1.29, 1.82) is 0 Å². The lowest BCUT2D eigenvalue weighted by Crippen LogP contribution is -2.35. The number of benzene rings is 3. The van der Waals surface area contributed by atoms with Crippen molar-refractivity contribution >= 4 is 0 Å². The molecule has 1 aliphatic rings. The van der Waals surface area contributed by atoms with Gasteiger partial charge in [0, 0.05) is 12.6 Å². The SMILES string of the molecule is c1ccc(C[C@H]2COCc3ccccc3-c3ccccc3CN2)cc1. The van der Waals surface area contributed by atoms with Crippen molar-refractivity contribution in [2.75, 3.05) is 6.61 Å². The Balaban J connectivity index is 1.62. The van der Waals surface area contributed by atoms with Crippen LogP contribution in [0.1, 0.15) is 16.7 Å². The van der Waals surface area contributed by atoms with Crippen molar-refractivity contribution in [3.05, 3.63) is 95.6 Å². The Morgan fingerprint density at radius 2 is 1.40 bits per heavy atom. The molecule has 1 aliphatic heterocycles. The van der Waals surface area contributed by atoms with Crippen molar-refractivity contribution in [2.24, 2.45) is 0 Å². The largest absolute Gasteiger partial charge is 0.375 e. The third kappa shape index (κ3) is 3.81. The molecule has 3 aromatic rings. The van der Waals surface area contributed by atoms with E-state index in [1.807, 2.05) is 0 Å². The summed E-state index contributed by atoms with van der Waals surface area (Å²) in [5.74, 6) is 0. The van der Waals surface area contributed by atoms with Gasteiger partial charge in [0.1, 0.15) is 0 Å². The van der Waals surface area contributed by atoms with Crippen molar-refractivity contribution in [1.82, 2.24) is 5.32 Å². The molecule has 1 atom stereocenters. The van der Waals surface area contributed by atoms with Gasteiger partial charge in [-0.05, 0) is 34.2 Å². The first-order valence-corrected chi connectivity index (χ1v) is 8.91. The van der Waals surface area contributed by atoms with E-state index in [9.17, 15) is 0 Å². The van der Waals surface area contributed by atoms with Gasteiger partial charge in [-0.25, -0.2) is 0 Å². The van der Waals surface area contributed by atoms with Crippen LogP contribution in [0, 0.1) is 0 Å². The Labute approximate surface area is 149 Å². The molecule has 0 saturated heterocycles. The molecule has 0 bridgehead atoms. The molecular weight excluding hydrogens is 306 g/mol. The molecule has 0 amide bonds. The van der Waals surface area contributed by atoms with E-state index in [2.05, 4.69) is 84.2 Å². The molecule has 126 valence electrons. The highest BCUT2D eigenvalue weighted by Crippen LogP contribution is 2.28. The molecule has 2 heteroatoms. The Morgan fingerprint density at radius 1 is 0.760 bits per heavy atom. The third-order valence-corrected chi connectivity index (χ3v) is 4.81. The maximum atomic E-state index is 6.07. The van der Waals surface area contributed by atoms with Crippen LogP contribution < -0.4 is 5.32 Å². The highest BCUT2D eigenvalue weighted by Gasteiger charge is 2.15. The molecule has 1 heterocycles. The third-order valence-electron chi connectivity index (χ3n) is 4.81. The Kier molecular flexibility index (Phi) is 4.91. The van der Waals surface area contributed by atoms with Gasteiger partial charge in [-0.15, -0.1) is 0 Å². The quantitative estimate of drug-likeness (QED) is 0.743. The topological polar surface area (TPSA) is 21.3 Å². The smallest absolute Gasteiger partial charge is 0.0723 e. The monoisotopic (exact) mass is 329 g/mol. The molecule has 0 unspecified atom stereocenters. The van der Waals surface area contributed by atoms with Gasteiger partial charge < -0.3 is 10.1 Å². The lowest BCUT2D eigenvalue weighted by atomic mass is 9.95. The predicted molar refractivity (Wildman–Crippen MR) is 102 cm³/mol. The van der Waals surface area contributed by atoms with E-state index in [1.165, 1.54) is 27.8 Å². The average Bonchev–Trinajstić information content (AvgIpc) is 2.67. The van der Waals surface area contributed by atoms with Gasteiger partial charge in [0.05, 0.1) is 13.2 Å². The molecule has 0 aromatic heterocycles. The van der Waals surface area contributed by atoms with Crippen molar-refractivity contribution in [3.8, 4) is 11.1 Å². The van der Waals surface area contributed by atoms with Crippen LogP contribution >= 0.6 is 0 Å². The van der Waals surface area contributed by atoms with Crippen molar-refractivity contribution in [2.45, 2.75) is 25.6 Å². The second kappa shape index (κ2) is 7.64.